The monoisotopic (exact) mass is 360 g/mol. The van der Waals surface area contributed by atoms with E-state index in [1.54, 1.807) is 24.3 Å². The molecule has 0 N–H and O–H groups in total. The molecule has 3 rings (SSSR count). The summed E-state index contributed by atoms with van der Waals surface area (Å²) in [7, 11) is 1.23. The van der Waals surface area contributed by atoms with E-state index in [9.17, 15) is 19.2 Å². The van der Waals surface area contributed by atoms with Crippen LogP contribution in [0.3, 0.4) is 0 Å². The molecule has 1 aromatic carbocycles. The summed E-state index contributed by atoms with van der Waals surface area (Å²) in [6, 6.07) is 6.02. The molecule has 2 aliphatic rings. The first-order chi connectivity index (χ1) is 12.2. The lowest BCUT2D eigenvalue weighted by Crippen LogP contribution is -2.56. The highest BCUT2D eigenvalue weighted by Crippen LogP contribution is 2.55. The summed E-state index contributed by atoms with van der Waals surface area (Å²) in [6.45, 7) is 3.93. The van der Waals surface area contributed by atoms with Gasteiger partial charge in [-0.2, -0.15) is 0 Å². The van der Waals surface area contributed by atoms with Crippen molar-refractivity contribution in [2.45, 2.75) is 45.0 Å². The standard InChI is InChI=1S/C18H20N2O6/c1-10(21)19-14-8-6-5-7-13(14)18(26-12(3)23)9-15(16(24)25-4)20(11(2)22)17(18)19/h5-8,15,17H,9H2,1-4H3/t15-,17-,18+/m0/s1. The molecule has 1 aromatic rings. The average Bonchev–Trinajstić information content (AvgIpc) is 3.02. The first-order valence-corrected chi connectivity index (χ1v) is 8.20. The maximum atomic E-state index is 12.4. The summed E-state index contributed by atoms with van der Waals surface area (Å²) in [4.78, 5) is 51.7. The zero-order valence-corrected chi connectivity index (χ0v) is 15.0. The number of hydrogen-bond donors (Lipinski definition) is 0. The third-order valence-electron chi connectivity index (χ3n) is 4.88. The van der Waals surface area contributed by atoms with Crippen LogP contribution < -0.4 is 4.90 Å². The Morgan fingerprint density at radius 1 is 1.08 bits per heavy atom. The molecule has 0 aliphatic carbocycles. The molecule has 1 fully saturated rings. The van der Waals surface area contributed by atoms with Crippen molar-refractivity contribution in [2.75, 3.05) is 12.0 Å². The maximum absolute atomic E-state index is 12.4. The van der Waals surface area contributed by atoms with E-state index in [2.05, 4.69) is 0 Å². The third-order valence-corrected chi connectivity index (χ3v) is 4.88. The van der Waals surface area contributed by atoms with Gasteiger partial charge in [-0.25, -0.2) is 4.79 Å². The predicted molar refractivity (Wildman–Crippen MR) is 89.8 cm³/mol. The Bertz CT molecular complexity index is 807. The fourth-order valence-electron chi connectivity index (χ4n) is 4.11. The highest BCUT2D eigenvalue weighted by Gasteiger charge is 2.66. The van der Waals surface area contributed by atoms with Gasteiger partial charge in [0.05, 0.1) is 12.8 Å². The van der Waals surface area contributed by atoms with Crippen LogP contribution in [0.1, 0.15) is 32.8 Å². The molecule has 0 bridgehead atoms. The molecule has 8 nitrogen and oxygen atoms in total. The van der Waals surface area contributed by atoms with Crippen LogP contribution in [0.25, 0.3) is 0 Å². The van der Waals surface area contributed by atoms with Gasteiger partial charge in [0.15, 0.2) is 11.8 Å². The zero-order chi connectivity index (χ0) is 19.2. The van der Waals surface area contributed by atoms with Crippen molar-refractivity contribution < 1.29 is 28.7 Å². The summed E-state index contributed by atoms with van der Waals surface area (Å²) >= 11 is 0. The molecule has 1 saturated heterocycles. The van der Waals surface area contributed by atoms with Gasteiger partial charge in [0.1, 0.15) is 6.04 Å². The molecule has 3 atom stereocenters. The second-order valence-electron chi connectivity index (χ2n) is 6.43. The van der Waals surface area contributed by atoms with Crippen molar-refractivity contribution in [3.05, 3.63) is 29.8 Å². The van der Waals surface area contributed by atoms with Crippen LogP contribution >= 0.6 is 0 Å². The largest absolute Gasteiger partial charge is 0.467 e. The van der Waals surface area contributed by atoms with Crippen molar-refractivity contribution in [3.8, 4) is 0 Å². The highest BCUT2D eigenvalue weighted by atomic mass is 16.6. The normalized spacial score (nSPS) is 26.2. The molecule has 0 unspecified atom stereocenters. The van der Waals surface area contributed by atoms with Gasteiger partial charge in [-0.05, 0) is 6.07 Å². The van der Waals surface area contributed by atoms with Crippen LogP contribution in [-0.4, -0.2) is 48.0 Å². The number of anilines is 1. The van der Waals surface area contributed by atoms with Crippen molar-refractivity contribution in [1.29, 1.82) is 0 Å². The van der Waals surface area contributed by atoms with Gasteiger partial charge >= 0.3 is 11.9 Å². The minimum Gasteiger partial charge on any atom is -0.467 e. The molecule has 0 spiro atoms. The second kappa shape index (κ2) is 6.12. The van der Waals surface area contributed by atoms with E-state index in [0.29, 0.717) is 11.3 Å². The Morgan fingerprint density at radius 2 is 1.73 bits per heavy atom. The van der Waals surface area contributed by atoms with E-state index in [0.717, 1.165) is 0 Å². The number of methoxy groups -OCH3 is 1. The molecule has 2 heterocycles. The van der Waals surface area contributed by atoms with E-state index >= 15 is 0 Å². The fourth-order valence-corrected chi connectivity index (χ4v) is 4.11. The summed E-state index contributed by atoms with van der Waals surface area (Å²) in [6.07, 6.45) is -0.924. The van der Waals surface area contributed by atoms with E-state index in [1.165, 1.54) is 37.7 Å². The number of fused-ring (bicyclic) bond motifs is 3. The van der Waals surface area contributed by atoms with E-state index in [1.807, 2.05) is 0 Å². The number of para-hydroxylation sites is 1. The summed E-state index contributed by atoms with van der Waals surface area (Å²) in [5, 5.41) is 0. The number of amides is 2. The molecule has 2 aliphatic heterocycles. The predicted octanol–water partition coefficient (Wildman–Crippen LogP) is 0.931. The van der Waals surface area contributed by atoms with Crippen molar-refractivity contribution >= 4 is 29.4 Å². The minimum atomic E-state index is -1.32. The quantitative estimate of drug-likeness (QED) is 0.729. The lowest BCUT2D eigenvalue weighted by atomic mass is 9.90. The number of esters is 2. The van der Waals surface area contributed by atoms with Crippen molar-refractivity contribution in [3.63, 3.8) is 0 Å². The Balaban J connectivity index is 2.27. The summed E-state index contributed by atoms with van der Waals surface area (Å²) in [5.41, 5.74) is -0.174. The topological polar surface area (TPSA) is 93.2 Å². The zero-order valence-electron chi connectivity index (χ0n) is 15.0. The lowest BCUT2D eigenvalue weighted by molar-refractivity contribution is -0.162. The van der Waals surface area contributed by atoms with Crippen LogP contribution in [0.15, 0.2) is 24.3 Å². The molecule has 138 valence electrons. The number of nitrogens with zero attached hydrogens (tertiary/aromatic N) is 2. The molecule has 0 saturated carbocycles. The van der Waals surface area contributed by atoms with Crippen molar-refractivity contribution in [1.82, 2.24) is 4.90 Å². The van der Waals surface area contributed by atoms with E-state index in [-0.39, 0.29) is 12.3 Å². The number of carbonyl (C=O) groups is 4. The van der Waals surface area contributed by atoms with Crippen LogP contribution in [-0.2, 0) is 34.3 Å². The first-order valence-electron chi connectivity index (χ1n) is 8.20. The van der Waals surface area contributed by atoms with Gasteiger partial charge in [-0.1, -0.05) is 18.2 Å². The van der Waals surface area contributed by atoms with Crippen LogP contribution in [0.4, 0.5) is 5.69 Å². The van der Waals surface area contributed by atoms with Crippen LogP contribution in [0.2, 0.25) is 0 Å². The minimum absolute atomic E-state index is 0.0181. The average molecular weight is 360 g/mol. The Hall–Kier alpha value is -2.90. The van der Waals surface area contributed by atoms with Gasteiger partial charge in [-0.3, -0.25) is 19.3 Å². The smallest absolute Gasteiger partial charge is 0.328 e. The third kappa shape index (κ3) is 2.36. The van der Waals surface area contributed by atoms with Gasteiger partial charge in [0, 0.05) is 32.8 Å². The van der Waals surface area contributed by atoms with E-state index < -0.39 is 35.7 Å². The molecule has 2 amide bonds. The molecule has 0 aromatic heterocycles. The molecular weight excluding hydrogens is 340 g/mol. The molecule has 26 heavy (non-hydrogen) atoms. The van der Waals surface area contributed by atoms with E-state index in [4.69, 9.17) is 9.47 Å². The van der Waals surface area contributed by atoms with Gasteiger partial charge in [-0.15, -0.1) is 0 Å². The highest BCUT2D eigenvalue weighted by molar-refractivity contribution is 5.98. The fraction of sp³-hybridized carbons (Fsp3) is 0.444. The Labute approximate surface area is 150 Å². The number of likely N-dealkylation sites (tertiary alicyclic amines) is 1. The van der Waals surface area contributed by atoms with Crippen LogP contribution in [0.5, 0.6) is 0 Å². The number of ether oxygens (including phenoxy) is 2. The maximum Gasteiger partial charge on any atom is 0.328 e. The summed E-state index contributed by atoms with van der Waals surface area (Å²) < 4.78 is 10.5. The Morgan fingerprint density at radius 3 is 2.27 bits per heavy atom. The molecular formula is C18H20N2O6. The number of carbonyl (C=O) groups excluding carboxylic acids is 4. The first kappa shape index (κ1) is 17.9. The lowest BCUT2D eigenvalue weighted by Gasteiger charge is -2.36. The van der Waals surface area contributed by atoms with Gasteiger partial charge in [0.2, 0.25) is 11.8 Å². The number of benzene rings is 1. The van der Waals surface area contributed by atoms with Crippen LogP contribution in [0, 0.1) is 0 Å². The van der Waals surface area contributed by atoms with Crippen molar-refractivity contribution in [2.24, 2.45) is 0 Å². The second-order valence-corrected chi connectivity index (χ2v) is 6.43. The summed E-state index contributed by atoms with van der Waals surface area (Å²) in [5.74, 6) is -1.93. The molecule has 8 heteroatoms. The molecule has 0 radical (unpaired) electrons. The van der Waals surface area contributed by atoms with Gasteiger partial charge in [0.25, 0.3) is 0 Å². The Kier molecular flexibility index (Phi) is 4.21. The SMILES string of the molecule is COC(=O)[C@@H]1C[C@@]2(OC(C)=O)c3ccccc3N(C(C)=O)[C@H]2N1C(C)=O. The van der Waals surface area contributed by atoms with Gasteiger partial charge < -0.3 is 14.4 Å². The number of rotatable bonds is 2. The number of hydrogen-bond acceptors (Lipinski definition) is 6.